The SMILES string of the molecule is CC(C1CC1)C(N)C1CCOC1. The molecule has 2 N–H and O–H groups in total. The fourth-order valence-electron chi connectivity index (χ4n) is 2.22. The summed E-state index contributed by atoms with van der Waals surface area (Å²) < 4.78 is 5.35. The molecule has 2 heteroatoms. The normalized spacial score (nSPS) is 35.0. The van der Waals surface area contributed by atoms with E-state index in [1.807, 2.05) is 0 Å². The average Bonchev–Trinajstić information content (AvgIpc) is 2.79. The molecule has 0 aromatic heterocycles. The maximum Gasteiger partial charge on any atom is 0.0510 e. The summed E-state index contributed by atoms with van der Waals surface area (Å²) in [5.41, 5.74) is 6.18. The van der Waals surface area contributed by atoms with Gasteiger partial charge >= 0.3 is 0 Å². The third kappa shape index (κ3) is 1.64. The number of ether oxygens (including phenoxy) is 1. The van der Waals surface area contributed by atoms with Gasteiger partial charge in [-0.15, -0.1) is 0 Å². The van der Waals surface area contributed by atoms with E-state index in [4.69, 9.17) is 10.5 Å². The molecule has 12 heavy (non-hydrogen) atoms. The predicted octanol–water partition coefficient (Wildman–Crippen LogP) is 1.40. The Morgan fingerprint density at radius 2 is 2.00 bits per heavy atom. The van der Waals surface area contributed by atoms with Crippen molar-refractivity contribution in [2.75, 3.05) is 13.2 Å². The van der Waals surface area contributed by atoms with Gasteiger partial charge in [0.1, 0.15) is 0 Å². The molecule has 0 bridgehead atoms. The van der Waals surface area contributed by atoms with Gasteiger partial charge in [0.2, 0.25) is 0 Å². The van der Waals surface area contributed by atoms with Gasteiger partial charge < -0.3 is 10.5 Å². The van der Waals surface area contributed by atoms with Crippen molar-refractivity contribution in [3.05, 3.63) is 0 Å². The highest BCUT2D eigenvalue weighted by atomic mass is 16.5. The van der Waals surface area contributed by atoms with Crippen LogP contribution in [0.15, 0.2) is 0 Å². The van der Waals surface area contributed by atoms with Crippen LogP contribution >= 0.6 is 0 Å². The van der Waals surface area contributed by atoms with Crippen LogP contribution in [-0.4, -0.2) is 19.3 Å². The van der Waals surface area contributed by atoms with Crippen molar-refractivity contribution in [3.8, 4) is 0 Å². The van der Waals surface area contributed by atoms with Crippen LogP contribution in [-0.2, 0) is 4.74 Å². The zero-order valence-corrected chi connectivity index (χ0v) is 7.83. The average molecular weight is 169 g/mol. The molecule has 0 radical (unpaired) electrons. The molecule has 1 saturated heterocycles. The molecule has 1 aliphatic heterocycles. The topological polar surface area (TPSA) is 35.2 Å². The van der Waals surface area contributed by atoms with Crippen molar-refractivity contribution >= 4 is 0 Å². The molecule has 70 valence electrons. The summed E-state index contributed by atoms with van der Waals surface area (Å²) in [6.07, 6.45) is 3.99. The van der Waals surface area contributed by atoms with Crippen LogP contribution in [0.5, 0.6) is 0 Å². The maximum absolute atomic E-state index is 6.18. The Labute approximate surface area is 74.5 Å². The van der Waals surface area contributed by atoms with E-state index in [0.717, 1.165) is 25.0 Å². The number of hydrogen-bond acceptors (Lipinski definition) is 2. The molecule has 2 rings (SSSR count). The molecule has 0 aromatic carbocycles. The predicted molar refractivity (Wildman–Crippen MR) is 48.8 cm³/mol. The molecule has 0 amide bonds. The van der Waals surface area contributed by atoms with Gasteiger partial charge in [-0.2, -0.15) is 0 Å². The van der Waals surface area contributed by atoms with Crippen LogP contribution in [0.1, 0.15) is 26.2 Å². The smallest absolute Gasteiger partial charge is 0.0510 e. The van der Waals surface area contributed by atoms with E-state index >= 15 is 0 Å². The summed E-state index contributed by atoms with van der Waals surface area (Å²) >= 11 is 0. The lowest BCUT2D eigenvalue weighted by molar-refractivity contribution is 0.172. The first-order chi connectivity index (χ1) is 5.79. The zero-order chi connectivity index (χ0) is 8.55. The van der Waals surface area contributed by atoms with Crippen molar-refractivity contribution < 1.29 is 4.74 Å². The Bertz CT molecular complexity index is 148. The fourth-order valence-corrected chi connectivity index (χ4v) is 2.22. The molecule has 0 spiro atoms. The monoisotopic (exact) mass is 169 g/mol. The minimum absolute atomic E-state index is 0.389. The van der Waals surface area contributed by atoms with Gasteiger partial charge in [0.25, 0.3) is 0 Å². The lowest BCUT2D eigenvalue weighted by atomic mass is 9.86. The maximum atomic E-state index is 6.18. The van der Waals surface area contributed by atoms with Crippen LogP contribution < -0.4 is 5.73 Å². The molecule has 0 aromatic rings. The molecule has 2 aliphatic rings. The van der Waals surface area contributed by atoms with Gasteiger partial charge in [0.05, 0.1) is 6.61 Å². The molecular weight excluding hydrogens is 150 g/mol. The minimum atomic E-state index is 0.389. The first-order valence-corrected chi connectivity index (χ1v) is 5.12. The molecule has 3 unspecified atom stereocenters. The first kappa shape index (κ1) is 8.52. The lowest BCUT2D eigenvalue weighted by Crippen LogP contribution is -2.37. The van der Waals surface area contributed by atoms with Crippen LogP contribution in [0.4, 0.5) is 0 Å². The van der Waals surface area contributed by atoms with E-state index in [2.05, 4.69) is 6.92 Å². The minimum Gasteiger partial charge on any atom is -0.381 e. The largest absolute Gasteiger partial charge is 0.381 e. The second-order valence-electron chi connectivity index (χ2n) is 4.40. The van der Waals surface area contributed by atoms with E-state index in [-0.39, 0.29) is 0 Å². The third-order valence-corrected chi connectivity index (χ3v) is 3.48. The van der Waals surface area contributed by atoms with E-state index in [1.54, 1.807) is 0 Å². The van der Waals surface area contributed by atoms with E-state index in [1.165, 1.54) is 19.3 Å². The Morgan fingerprint density at radius 1 is 1.25 bits per heavy atom. The Balaban J connectivity index is 1.84. The molecule has 2 fully saturated rings. The second kappa shape index (κ2) is 3.35. The highest BCUT2D eigenvalue weighted by Gasteiger charge is 2.36. The van der Waals surface area contributed by atoms with E-state index in [0.29, 0.717) is 12.0 Å². The zero-order valence-electron chi connectivity index (χ0n) is 7.83. The molecule has 2 nitrogen and oxygen atoms in total. The van der Waals surface area contributed by atoms with Crippen LogP contribution in [0, 0.1) is 17.8 Å². The summed E-state index contributed by atoms with van der Waals surface area (Å²) in [6.45, 7) is 4.13. The first-order valence-electron chi connectivity index (χ1n) is 5.12. The summed E-state index contributed by atoms with van der Waals surface area (Å²) in [6, 6.07) is 0.389. The van der Waals surface area contributed by atoms with Gasteiger partial charge in [-0.25, -0.2) is 0 Å². The van der Waals surface area contributed by atoms with Crippen LogP contribution in [0.3, 0.4) is 0 Å². The van der Waals surface area contributed by atoms with E-state index < -0.39 is 0 Å². The lowest BCUT2D eigenvalue weighted by Gasteiger charge is -2.24. The molecular formula is C10H19NO. The molecule has 3 atom stereocenters. The highest BCUT2D eigenvalue weighted by Crippen LogP contribution is 2.39. The Hall–Kier alpha value is -0.0800. The van der Waals surface area contributed by atoms with Crippen LogP contribution in [0.25, 0.3) is 0 Å². The van der Waals surface area contributed by atoms with Gasteiger partial charge in [-0.1, -0.05) is 6.92 Å². The molecule has 1 saturated carbocycles. The number of nitrogens with two attached hydrogens (primary N) is 1. The fraction of sp³-hybridized carbons (Fsp3) is 1.00. The van der Waals surface area contributed by atoms with Gasteiger partial charge in [0, 0.05) is 12.6 Å². The Kier molecular flexibility index (Phi) is 2.37. The highest BCUT2D eigenvalue weighted by molar-refractivity contribution is 4.89. The standard InChI is InChI=1S/C10H19NO/c1-7(8-2-3-8)10(11)9-4-5-12-6-9/h7-10H,2-6,11H2,1H3. The quantitative estimate of drug-likeness (QED) is 0.693. The van der Waals surface area contributed by atoms with Crippen molar-refractivity contribution in [1.29, 1.82) is 0 Å². The van der Waals surface area contributed by atoms with Gasteiger partial charge in [-0.3, -0.25) is 0 Å². The molecule has 1 heterocycles. The number of hydrogen-bond donors (Lipinski definition) is 1. The summed E-state index contributed by atoms with van der Waals surface area (Å²) in [5, 5.41) is 0. The van der Waals surface area contributed by atoms with Crippen molar-refractivity contribution in [2.45, 2.75) is 32.2 Å². The van der Waals surface area contributed by atoms with Crippen molar-refractivity contribution in [1.82, 2.24) is 0 Å². The van der Waals surface area contributed by atoms with Gasteiger partial charge in [-0.05, 0) is 37.0 Å². The third-order valence-electron chi connectivity index (χ3n) is 3.48. The summed E-state index contributed by atoms with van der Waals surface area (Å²) in [5.74, 6) is 2.29. The van der Waals surface area contributed by atoms with Gasteiger partial charge in [0.15, 0.2) is 0 Å². The molecule has 1 aliphatic carbocycles. The van der Waals surface area contributed by atoms with Crippen molar-refractivity contribution in [3.63, 3.8) is 0 Å². The summed E-state index contributed by atoms with van der Waals surface area (Å²) in [7, 11) is 0. The van der Waals surface area contributed by atoms with Crippen LogP contribution in [0.2, 0.25) is 0 Å². The summed E-state index contributed by atoms with van der Waals surface area (Å²) in [4.78, 5) is 0. The Morgan fingerprint density at radius 3 is 2.50 bits per heavy atom. The van der Waals surface area contributed by atoms with E-state index in [9.17, 15) is 0 Å². The second-order valence-corrected chi connectivity index (χ2v) is 4.40. The van der Waals surface area contributed by atoms with Crippen molar-refractivity contribution in [2.24, 2.45) is 23.5 Å². The number of rotatable bonds is 3.